The SMILES string of the molecule is NCCC(O)C(O)c1ncn[nH]1. The topological polar surface area (TPSA) is 108 Å². The van der Waals surface area contributed by atoms with Crippen molar-refractivity contribution in [2.45, 2.75) is 18.6 Å². The Morgan fingerprint density at radius 3 is 2.83 bits per heavy atom. The molecule has 1 aromatic heterocycles. The predicted octanol–water partition coefficient (Wildman–Crippen LogP) is -1.45. The van der Waals surface area contributed by atoms with Gasteiger partial charge in [-0.25, -0.2) is 4.98 Å². The average Bonchev–Trinajstić information content (AvgIpc) is 2.55. The number of nitrogens with one attached hydrogen (secondary N) is 1. The third kappa shape index (κ3) is 2.00. The molecule has 1 rings (SSSR count). The molecular formula is C6H12N4O2. The molecule has 0 aliphatic carbocycles. The molecule has 1 aromatic rings. The van der Waals surface area contributed by atoms with Gasteiger partial charge in [0.2, 0.25) is 0 Å². The van der Waals surface area contributed by atoms with E-state index in [-0.39, 0.29) is 5.82 Å². The molecule has 0 fully saturated rings. The number of aliphatic hydroxyl groups is 2. The van der Waals surface area contributed by atoms with E-state index in [1.165, 1.54) is 6.33 Å². The monoisotopic (exact) mass is 172 g/mol. The minimum atomic E-state index is -1.03. The number of rotatable bonds is 4. The Morgan fingerprint density at radius 2 is 2.33 bits per heavy atom. The van der Waals surface area contributed by atoms with Crippen molar-refractivity contribution in [1.82, 2.24) is 15.2 Å². The number of H-pyrrole nitrogens is 1. The molecule has 0 radical (unpaired) electrons. The maximum atomic E-state index is 9.37. The van der Waals surface area contributed by atoms with E-state index in [0.29, 0.717) is 13.0 Å². The van der Waals surface area contributed by atoms with Crippen LogP contribution in [0, 0.1) is 0 Å². The molecule has 12 heavy (non-hydrogen) atoms. The van der Waals surface area contributed by atoms with Crippen LogP contribution in [0.5, 0.6) is 0 Å². The molecule has 0 saturated heterocycles. The van der Waals surface area contributed by atoms with Crippen LogP contribution < -0.4 is 5.73 Å². The smallest absolute Gasteiger partial charge is 0.155 e. The Balaban J connectivity index is 2.53. The maximum absolute atomic E-state index is 9.37. The molecule has 0 saturated carbocycles. The first kappa shape index (κ1) is 9.11. The minimum Gasteiger partial charge on any atom is -0.390 e. The summed E-state index contributed by atoms with van der Waals surface area (Å²) in [7, 11) is 0. The lowest BCUT2D eigenvalue weighted by molar-refractivity contribution is 0.00996. The fourth-order valence-corrected chi connectivity index (χ4v) is 0.868. The molecule has 2 unspecified atom stereocenters. The van der Waals surface area contributed by atoms with Gasteiger partial charge in [-0.1, -0.05) is 0 Å². The van der Waals surface area contributed by atoms with Gasteiger partial charge in [0.15, 0.2) is 5.82 Å². The first-order valence-corrected chi connectivity index (χ1v) is 3.67. The summed E-state index contributed by atoms with van der Waals surface area (Å²) in [5.41, 5.74) is 5.20. The van der Waals surface area contributed by atoms with Gasteiger partial charge in [0.25, 0.3) is 0 Å². The Labute approximate surface area is 69.4 Å². The van der Waals surface area contributed by atoms with Crippen LogP contribution in [0.25, 0.3) is 0 Å². The van der Waals surface area contributed by atoms with Gasteiger partial charge in [0.1, 0.15) is 12.4 Å². The number of hydrogen-bond donors (Lipinski definition) is 4. The van der Waals surface area contributed by atoms with E-state index < -0.39 is 12.2 Å². The highest BCUT2D eigenvalue weighted by molar-refractivity contribution is 4.90. The molecule has 0 amide bonds. The average molecular weight is 172 g/mol. The van der Waals surface area contributed by atoms with Crippen molar-refractivity contribution in [2.24, 2.45) is 5.73 Å². The van der Waals surface area contributed by atoms with E-state index in [1.54, 1.807) is 0 Å². The lowest BCUT2D eigenvalue weighted by Gasteiger charge is -2.13. The van der Waals surface area contributed by atoms with Crippen LogP contribution in [0.1, 0.15) is 18.3 Å². The Hall–Kier alpha value is -0.980. The van der Waals surface area contributed by atoms with E-state index in [9.17, 15) is 10.2 Å². The number of nitrogens with zero attached hydrogens (tertiary/aromatic N) is 2. The zero-order valence-electron chi connectivity index (χ0n) is 6.51. The van der Waals surface area contributed by atoms with Crippen LogP contribution in [0.2, 0.25) is 0 Å². The second-order valence-electron chi connectivity index (χ2n) is 2.46. The van der Waals surface area contributed by atoms with Crippen molar-refractivity contribution in [3.05, 3.63) is 12.2 Å². The molecular weight excluding hydrogens is 160 g/mol. The van der Waals surface area contributed by atoms with Crippen LogP contribution in [-0.4, -0.2) is 38.0 Å². The van der Waals surface area contributed by atoms with Crippen LogP contribution in [0.15, 0.2) is 6.33 Å². The standard InChI is InChI=1S/C6H12N4O2/c7-2-1-4(11)5(12)6-8-3-9-10-6/h3-5,11-12H,1-2,7H2,(H,8,9,10). The summed E-state index contributed by atoms with van der Waals surface area (Å²) in [6, 6.07) is 0. The lowest BCUT2D eigenvalue weighted by atomic mass is 10.1. The molecule has 0 bridgehead atoms. The van der Waals surface area contributed by atoms with Crippen molar-refractivity contribution in [1.29, 1.82) is 0 Å². The van der Waals surface area contributed by atoms with Crippen LogP contribution in [-0.2, 0) is 0 Å². The van der Waals surface area contributed by atoms with E-state index in [2.05, 4.69) is 15.2 Å². The molecule has 0 aliphatic rings. The Morgan fingerprint density at radius 1 is 1.58 bits per heavy atom. The summed E-state index contributed by atoms with van der Waals surface area (Å²) in [5.74, 6) is 0.260. The fraction of sp³-hybridized carbons (Fsp3) is 0.667. The third-order valence-electron chi connectivity index (χ3n) is 1.54. The quantitative estimate of drug-likeness (QED) is 0.444. The Kier molecular flexibility index (Phi) is 3.15. The van der Waals surface area contributed by atoms with Crippen molar-refractivity contribution in [3.63, 3.8) is 0 Å². The highest BCUT2D eigenvalue weighted by atomic mass is 16.3. The normalized spacial score (nSPS) is 15.9. The summed E-state index contributed by atoms with van der Waals surface area (Å²) < 4.78 is 0. The molecule has 0 spiro atoms. The summed E-state index contributed by atoms with van der Waals surface area (Å²) >= 11 is 0. The second kappa shape index (κ2) is 4.15. The van der Waals surface area contributed by atoms with Crippen LogP contribution >= 0.6 is 0 Å². The molecule has 0 aliphatic heterocycles. The van der Waals surface area contributed by atoms with Crippen molar-refractivity contribution < 1.29 is 10.2 Å². The maximum Gasteiger partial charge on any atom is 0.155 e. The fourth-order valence-electron chi connectivity index (χ4n) is 0.868. The van der Waals surface area contributed by atoms with Crippen molar-refractivity contribution >= 4 is 0 Å². The summed E-state index contributed by atoms with van der Waals surface area (Å²) in [5, 5.41) is 24.7. The van der Waals surface area contributed by atoms with Gasteiger partial charge in [-0.05, 0) is 13.0 Å². The largest absolute Gasteiger partial charge is 0.390 e. The summed E-state index contributed by atoms with van der Waals surface area (Å²) in [6.45, 7) is 0.326. The Bertz CT molecular complexity index is 213. The molecule has 1 heterocycles. The number of aromatic amines is 1. The molecule has 6 nitrogen and oxygen atoms in total. The van der Waals surface area contributed by atoms with Crippen LogP contribution in [0.3, 0.4) is 0 Å². The van der Waals surface area contributed by atoms with E-state index in [1.807, 2.05) is 0 Å². The highest BCUT2D eigenvalue weighted by Gasteiger charge is 2.19. The lowest BCUT2D eigenvalue weighted by Crippen LogP contribution is -2.22. The number of aromatic nitrogens is 3. The van der Waals surface area contributed by atoms with Gasteiger partial charge in [0.05, 0.1) is 6.10 Å². The summed E-state index contributed by atoms with van der Waals surface area (Å²) in [6.07, 6.45) is -0.311. The third-order valence-corrected chi connectivity index (χ3v) is 1.54. The first-order valence-electron chi connectivity index (χ1n) is 3.67. The van der Waals surface area contributed by atoms with Gasteiger partial charge < -0.3 is 15.9 Å². The highest BCUT2D eigenvalue weighted by Crippen LogP contribution is 2.12. The van der Waals surface area contributed by atoms with Gasteiger partial charge in [-0.3, -0.25) is 5.10 Å². The number of nitrogens with two attached hydrogens (primary N) is 1. The predicted molar refractivity (Wildman–Crippen MR) is 41.0 cm³/mol. The minimum absolute atomic E-state index is 0.260. The second-order valence-corrected chi connectivity index (χ2v) is 2.46. The van der Waals surface area contributed by atoms with E-state index in [4.69, 9.17) is 5.73 Å². The molecule has 2 atom stereocenters. The van der Waals surface area contributed by atoms with E-state index in [0.717, 1.165) is 0 Å². The zero-order chi connectivity index (χ0) is 8.97. The van der Waals surface area contributed by atoms with E-state index >= 15 is 0 Å². The van der Waals surface area contributed by atoms with Gasteiger partial charge in [-0.2, -0.15) is 5.10 Å². The molecule has 6 heteroatoms. The molecule has 0 aromatic carbocycles. The number of hydrogen-bond acceptors (Lipinski definition) is 5. The van der Waals surface area contributed by atoms with Crippen molar-refractivity contribution in [3.8, 4) is 0 Å². The molecule has 68 valence electrons. The van der Waals surface area contributed by atoms with Gasteiger partial charge >= 0.3 is 0 Å². The van der Waals surface area contributed by atoms with Gasteiger partial charge in [0, 0.05) is 0 Å². The van der Waals surface area contributed by atoms with Gasteiger partial charge in [-0.15, -0.1) is 0 Å². The number of aliphatic hydroxyl groups excluding tert-OH is 2. The molecule has 5 N–H and O–H groups in total. The first-order chi connectivity index (χ1) is 5.75. The summed E-state index contributed by atoms with van der Waals surface area (Å²) in [4.78, 5) is 3.70. The van der Waals surface area contributed by atoms with Crippen molar-refractivity contribution in [2.75, 3.05) is 6.54 Å². The zero-order valence-corrected chi connectivity index (χ0v) is 6.51. The van der Waals surface area contributed by atoms with Crippen LogP contribution in [0.4, 0.5) is 0 Å².